The second kappa shape index (κ2) is 11.9. The van der Waals surface area contributed by atoms with Gasteiger partial charge in [-0.3, -0.25) is 9.59 Å². The summed E-state index contributed by atoms with van der Waals surface area (Å²) in [5.41, 5.74) is 2.35. The maximum absolute atomic E-state index is 9.95. The quantitative estimate of drug-likeness (QED) is 0.711. The highest BCUT2D eigenvalue weighted by atomic mass is 16.4. The van der Waals surface area contributed by atoms with Crippen LogP contribution in [0.5, 0.6) is 0 Å². The average molecular weight is 256 g/mol. The van der Waals surface area contributed by atoms with E-state index in [0.717, 1.165) is 0 Å². The molecule has 0 fully saturated rings. The lowest BCUT2D eigenvalue weighted by atomic mass is 10.2. The smallest absolute Gasteiger partial charge is 0.303 e. The van der Waals surface area contributed by atoms with E-state index in [0.29, 0.717) is 12.8 Å². The number of allylic oxidation sites excluding steroid dienone is 4. The minimum atomic E-state index is -0.729. The van der Waals surface area contributed by atoms with Gasteiger partial charge in [0.15, 0.2) is 0 Å². The summed E-state index contributed by atoms with van der Waals surface area (Å²) in [4.78, 5) is 19.9. The van der Waals surface area contributed by atoms with E-state index in [1.807, 2.05) is 39.8 Å². The topological polar surface area (TPSA) is 74.6 Å². The van der Waals surface area contributed by atoms with Crippen LogP contribution in [-0.4, -0.2) is 22.2 Å². The van der Waals surface area contributed by atoms with Crippen molar-refractivity contribution in [2.45, 2.75) is 53.4 Å². The molecule has 0 atom stereocenters. The fourth-order valence-corrected chi connectivity index (χ4v) is 0.969. The lowest BCUT2D eigenvalue weighted by molar-refractivity contribution is -0.137. The van der Waals surface area contributed by atoms with Crippen LogP contribution in [0.15, 0.2) is 23.3 Å². The van der Waals surface area contributed by atoms with Gasteiger partial charge in [-0.25, -0.2) is 0 Å². The van der Waals surface area contributed by atoms with E-state index in [1.165, 1.54) is 11.1 Å². The molecule has 0 aromatic heterocycles. The number of hydrogen-bond acceptors (Lipinski definition) is 2. The van der Waals surface area contributed by atoms with Gasteiger partial charge >= 0.3 is 11.9 Å². The van der Waals surface area contributed by atoms with Gasteiger partial charge in [-0.1, -0.05) is 23.3 Å². The number of hydrogen-bond donors (Lipinski definition) is 2. The fraction of sp³-hybridized carbons (Fsp3) is 0.571. The maximum atomic E-state index is 9.95. The predicted octanol–water partition coefficient (Wildman–Crippen LogP) is 3.63. The Morgan fingerprint density at radius 1 is 0.778 bits per heavy atom. The van der Waals surface area contributed by atoms with Gasteiger partial charge in [0.1, 0.15) is 0 Å². The van der Waals surface area contributed by atoms with Crippen LogP contribution in [0.4, 0.5) is 0 Å². The summed E-state index contributed by atoms with van der Waals surface area (Å²) in [5.74, 6) is -1.46. The van der Waals surface area contributed by atoms with Crippen LogP contribution in [0.25, 0.3) is 0 Å². The molecule has 0 spiro atoms. The predicted molar refractivity (Wildman–Crippen MR) is 72.6 cm³/mol. The Hall–Kier alpha value is -1.58. The van der Waals surface area contributed by atoms with Gasteiger partial charge in [-0.05, 0) is 40.5 Å². The molecule has 18 heavy (non-hydrogen) atoms. The Morgan fingerprint density at radius 2 is 1.06 bits per heavy atom. The fourth-order valence-electron chi connectivity index (χ4n) is 0.969. The normalized spacial score (nSPS) is 8.67. The molecule has 4 nitrogen and oxygen atoms in total. The molecule has 0 aliphatic carbocycles. The minimum absolute atomic E-state index is 0.241. The average Bonchev–Trinajstić information content (AvgIpc) is 2.15. The number of carbonyl (C=O) groups is 2. The van der Waals surface area contributed by atoms with Crippen molar-refractivity contribution in [3.63, 3.8) is 0 Å². The zero-order valence-corrected chi connectivity index (χ0v) is 11.7. The van der Waals surface area contributed by atoms with Crippen LogP contribution >= 0.6 is 0 Å². The first-order valence-electron chi connectivity index (χ1n) is 5.96. The highest BCUT2D eigenvalue weighted by Gasteiger charge is 1.91. The third kappa shape index (κ3) is 23.9. The van der Waals surface area contributed by atoms with E-state index in [2.05, 4.69) is 0 Å². The van der Waals surface area contributed by atoms with Gasteiger partial charge < -0.3 is 10.2 Å². The summed E-state index contributed by atoms with van der Waals surface area (Å²) in [6, 6.07) is 0. The van der Waals surface area contributed by atoms with E-state index < -0.39 is 11.9 Å². The van der Waals surface area contributed by atoms with Crippen molar-refractivity contribution in [1.29, 1.82) is 0 Å². The standard InChI is InChI=1S/2C7H12O2/c2*1-6(2)4-3-5-7(8)9/h2*4H,3,5H2,1-2H3,(H,8,9). The van der Waals surface area contributed by atoms with Gasteiger partial charge in [0.25, 0.3) is 0 Å². The molecule has 0 rings (SSSR count). The van der Waals surface area contributed by atoms with E-state index in [9.17, 15) is 9.59 Å². The van der Waals surface area contributed by atoms with Crippen molar-refractivity contribution in [2.24, 2.45) is 0 Å². The van der Waals surface area contributed by atoms with Gasteiger partial charge in [0, 0.05) is 12.8 Å². The summed E-state index contributed by atoms with van der Waals surface area (Å²) in [7, 11) is 0. The summed E-state index contributed by atoms with van der Waals surface area (Å²) in [6.07, 6.45) is 5.63. The van der Waals surface area contributed by atoms with E-state index >= 15 is 0 Å². The molecule has 0 unspecified atom stereocenters. The zero-order chi connectivity index (χ0) is 14.6. The van der Waals surface area contributed by atoms with Gasteiger partial charge in [-0.2, -0.15) is 0 Å². The number of rotatable bonds is 6. The third-order valence-corrected chi connectivity index (χ3v) is 1.82. The van der Waals surface area contributed by atoms with Crippen molar-refractivity contribution < 1.29 is 19.8 Å². The molecule has 0 heterocycles. The Labute approximate surface area is 109 Å². The highest BCUT2D eigenvalue weighted by Crippen LogP contribution is 1.96. The van der Waals surface area contributed by atoms with Crippen LogP contribution in [-0.2, 0) is 9.59 Å². The first-order chi connectivity index (χ1) is 8.25. The molecular formula is C14H24O4. The summed E-state index contributed by atoms with van der Waals surface area (Å²) < 4.78 is 0. The first-order valence-corrected chi connectivity index (χ1v) is 5.96. The van der Waals surface area contributed by atoms with Crippen molar-refractivity contribution in [3.05, 3.63) is 23.3 Å². The van der Waals surface area contributed by atoms with Gasteiger partial charge in [-0.15, -0.1) is 0 Å². The Balaban J connectivity index is 0. The van der Waals surface area contributed by atoms with Crippen LogP contribution in [0.3, 0.4) is 0 Å². The van der Waals surface area contributed by atoms with Gasteiger partial charge in [0.2, 0.25) is 0 Å². The van der Waals surface area contributed by atoms with Crippen LogP contribution in [0.1, 0.15) is 53.4 Å². The number of aliphatic carboxylic acids is 2. The molecule has 0 radical (unpaired) electrons. The summed E-state index contributed by atoms with van der Waals surface area (Å²) >= 11 is 0. The van der Waals surface area contributed by atoms with Crippen molar-refractivity contribution in [2.75, 3.05) is 0 Å². The molecule has 0 aliphatic rings. The lowest BCUT2D eigenvalue weighted by Gasteiger charge is -1.88. The number of carboxylic acids is 2. The largest absolute Gasteiger partial charge is 0.481 e. The number of carboxylic acid groups (broad SMARTS) is 2. The Bertz CT molecular complexity index is 274. The van der Waals surface area contributed by atoms with Crippen molar-refractivity contribution >= 4 is 11.9 Å². The molecule has 0 amide bonds. The minimum Gasteiger partial charge on any atom is -0.481 e. The lowest BCUT2D eigenvalue weighted by Crippen LogP contribution is -1.91. The summed E-state index contributed by atoms with van der Waals surface area (Å²) in [5, 5.41) is 16.4. The zero-order valence-electron chi connectivity index (χ0n) is 11.7. The maximum Gasteiger partial charge on any atom is 0.303 e. The van der Waals surface area contributed by atoms with E-state index in [-0.39, 0.29) is 12.8 Å². The molecule has 4 heteroatoms. The van der Waals surface area contributed by atoms with Crippen molar-refractivity contribution in [3.8, 4) is 0 Å². The van der Waals surface area contributed by atoms with Crippen LogP contribution < -0.4 is 0 Å². The molecule has 0 saturated heterocycles. The van der Waals surface area contributed by atoms with E-state index in [1.54, 1.807) is 0 Å². The van der Waals surface area contributed by atoms with E-state index in [4.69, 9.17) is 10.2 Å². The Kier molecular flexibility index (Phi) is 12.4. The molecule has 0 aromatic rings. The molecule has 2 N–H and O–H groups in total. The third-order valence-electron chi connectivity index (χ3n) is 1.82. The molecule has 0 saturated carbocycles. The SMILES string of the molecule is CC(C)=CCCC(=O)O.CC(C)=CCCC(=O)O. The molecule has 0 bridgehead atoms. The van der Waals surface area contributed by atoms with Crippen molar-refractivity contribution in [1.82, 2.24) is 0 Å². The molecule has 0 aromatic carbocycles. The second-order valence-corrected chi connectivity index (χ2v) is 4.43. The Morgan fingerprint density at radius 3 is 1.22 bits per heavy atom. The van der Waals surface area contributed by atoms with Crippen LogP contribution in [0.2, 0.25) is 0 Å². The molecule has 0 aliphatic heterocycles. The van der Waals surface area contributed by atoms with Crippen LogP contribution in [0, 0.1) is 0 Å². The highest BCUT2D eigenvalue weighted by molar-refractivity contribution is 5.67. The van der Waals surface area contributed by atoms with Gasteiger partial charge in [0.05, 0.1) is 0 Å². The summed E-state index contributed by atoms with van der Waals surface area (Å²) in [6.45, 7) is 7.84. The molecular weight excluding hydrogens is 232 g/mol. The molecule has 104 valence electrons. The first kappa shape index (κ1) is 18.8. The second-order valence-electron chi connectivity index (χ2n) is 4.43. The monoisotopic (exact) mass is 256 g/mol.